The zero-order valence-electron chi connectivity index (χ0n) is 28.5. The molecule has 48 heavy (non-hydrogen) atoms. The van der Waals surface area contributed by atoms with Gasteiger partial charge in [0, 0.05) is 68.4 Å². The quantitative estimate of drug-likeness (QED) is 0.131. The molecule has 2 aliphatic rings. The van der Waals surface area contributed by atoms with Gasteiger partial charge >= 0.3 is 12.2 Å². The molecule has 0 bridgehead atoms. The van der Waals surface area contributed by atoms with Crippen molar-refractivity contribution in [2.75, 3.05) is 51.8 Å². The molecule has 3 aromatic rings. The molecule has 13 heteroatoms. The molecule has 0 spiro atoms. The van der Waals surface area contributed by atoms with Crippen molar-refractivity contribution in [2.24, 2.45) is 0 Å². The van der Waals surface area contributed by atoms with Crippen LogP contribution in [0.1, 0.15) is 44.0 Å². The van der Waals surface area contributed by atoms with Gasteiger partial charge in [-0.05, 0) is 48.8 Å². The van der Waals surface area contributed by atoms with Crippen LogP contribution in [0.15, 0.2) is 71.6 Å². The summed E-state index contributed by atoms with van der Waals surface area (Å²) in [5.74, 6) is 0.674. The van der Waals surface area contributed by atoms with Crippen molar-refractivity contribution in [3.05, 3.63) is 88.4 Å². The van der Waals surface area contributed by atoms with E-state index in [1.807, 2.05) is 70.3 Å². The summed E-state index contributed by atoms with van der Waals surface area (Å²) < 4.78 is 7.42. The molecule has 3 heterocycles. The lowest BCUT2D eigenvalue weighted by molar-refractivity contribution is -0.508. The van der Waals surface area contributed by atoms with E-state index in [0.717, 1.165) is 58.0 Å². The summed E-state index contributed by atoms with van der Waals surface area (Å²) in [6, 6.07) is 12.2. The van der Waals surface area contributed by atoms with Crippen molar-refractivity contribution < 1.29 is 35.4 Å². The Bertz CT molecular complexity index is 1630. The lowest BCUT2D eigenvalue weighted by Gasteiger charge is -2.37. The summed E-state index contributed by atoms with van der Waals surface area (Å²) in [6.45, 7) is 10.1. The molecule has 0 unspecified atom stereocenters. The predicted molar refractivity (Wildman–Crippen MR) is 183 cm³/mol. The van der Waals surface area contributed by atoms with E-state index in [0.29, 0.717) is 37.6 Å². The van der Waals surface area contributed by atoms with E-state index in [1.165, 1.54) is 0 Å². The van der Waals surface area contributed by atoms with Gasteiger partial charge in [-0.1, -0.05) is 50.6 Å². The maximum Gasteiger partial charge on any atom is 0.352 e. The lowest BCUT2D eigenvalue weighted by atomic mass is 10.00. The van der Waals surface area contributed by atoms with Crippen molar-refractivity contribution >= 4 is 11.8 Å². The zero-order valence-corrected chi connectivity index (χ0v) is 28.5. The molecule has 1 aliphatic carbocycles. The predicted octanol–water partition coefficient (Wildman–Crippen LogP) is 2.31. The molecule has 260 valence electrons. The molecule has 2 aromatic heterocycles. The van der Waals surface area contributed by atoms with Gasteiger partial charge in [0.05, 0.1) is 31.1 Å². The molecule has 0 radical (unpaired) electrons. The molecule has 0 saturated carbocycles. The maximum absolute atomic E-state index is 9.72. The lowest BCUT2D eigenvalue weighted by Crippen LogP contribution is -2.62. The van der Waals surface area contributed by atoms with Gasteiger partial charge in [-0.25, -0.2) is 9.67 Å². The van der Waals surface area contributed by atoms with E-state index in [2.05, 4.69) is 17.0 Å². The first-order chi connectivity index (χ1) is 22.7. The van der Waals surface area contributed by atoms with Crippen LogP contribution >= 0.6 is 0 Å². The van der Waals surface area contributed by atoms with Crippen LogP contribution in [0.5, 0.6) is 0 Å². The summed E-state index contributed by atoms with van der Waals surface area (Å²) >= 11 is 0. The van der Waals surface area contributed by atoms with Crippen molar-refractivity contribution in [3.63, 3.8) is 0 Å². The summed E-state index contributed by atoms with van der Waals surface area (Å²) in [5.41, 5.74) is 7.96. The first-order valence-electron chi connectivity index (χ1n) is 16.1. The largest absolute Gasteiger partial charge is 0.380 e. The first-order valence-corrected chi connectivity index (χ1v) is 16.1. The van der Waals surface area contributed by atoms with Crippen LogP contribution in [0.25, 0.3) is 23.2 Å². The fourth-order valence-electron chi connectivity index (χ4n) is 5.64. The number of aromatic nitrogens is 3. The molecule has 13 nitrogen and oxygen atoms in total. The minimum absolute atomic E-state index is 0.0767. The second-order valence-electron chi connectivity index (χ2n) is 11.7. The standard InChI is InChI=1S/C33H42N6O7.C2H6/c1-5-7-23(17-26(36(3)4)21-39(32(40,41)42)33(43,44)45)25-18-27-29(19-25)34-31(20-30(27)37-12-14-46-15-13-37)38-11-10-28(35-38)24-9-6-8-22(2)16-24;1-2/h6-11,16-17,19-20,40-45H,5,12-15,18,21H2,1-4H3;1-2H3/b23-7+,26-17-;. The highest BCUT2D eigenvalue weighted by molar-refractivity contribution is 5.75. The van der Waals surface area contributed by atoms with Gasteiger partial charge in [0.25, 0.3) is 0 Å². The molecule has 1 fully saturated rings. The summed E-state index contributed by atoms with van der Waals surface area (Å²) in [6.07, 6.45) is 1.45. The van der Waals surface area contributed by atoms with E-state index in [4.69, 9.17) is 14.8 Å². The van der Waals surface area contributed by atoms with Crippen LogP contribution in [0.4, 0.5) is 5.69 Å². The number of hydrogen-bond donors (Lipinski definition) is 6. The summed E-state index contributed by atoms with van der Waals surface area (Å²) in [7, 11) is 3.35. The second kappa shape index (κ2) is 15.5. The fraction of sp³-hybridized carbons (Fsp3) is 0.429. The highest BCUT2D eigenvalue weighted by Crippen LogP contribution is 2.37. The van der Waals surface area contributed by atoms with Gasteiger partial charge in [-0.15, -0.1) is 4.90 Å². The van der Waals surface area contributed by atoms with Gasteiger partial charge in [0.1, 0.15) is 0 Å². The number of pyridine rings is 1. The highest BCUT2D eigenvalue weighted by atomic mass is 16.8. The Hall–Kier alpha value is -3.92. The van der Waals surface area contributed by atoms with Gasteiger partial charge in [-0.2, -0.15) is 5.10 Å². The van der Waals surface area contributed by atoms with Gasteiger partial charge in [-0.3, -0.25) is 0 Å². The van der Waals surface area contributed by atoms with Gasteiger partial charge in [0.2, 0.25) is 0 Å². The number of aryl methyl sites for hydroxylation is 1. The number of benzene rings is 1. The average Bonchev–Trinajstić information content (AvgIpc) is 3.70. The van der Waals surface area contributed by atoms with Crippen molar-refractivity contribution in [1.29, 1.82) is 0 Å². The Morgan fingerprint density at radius 1 is 1.00 bits per heavy atom. The van der Waals surface area contributed by atoms with Gasteiger partial charge in [0.15, 0.2) is 5.82 Å². The minimum Gasteiger partial charge on any atom is -0.380 e. The smallest absolute Gasteiger partial charge is 0.352 e. The van der Waals surface area contributed by atoms with E-state index in [9.17, 15) is 30.6 Å². The number of aliphatic hydroxyl groups is 6. The number of ether oxygens (including phenoxy) is 1. The Kier molecular flexibility index (Phi) is 11.9. The zero-order chi connectivity index (χ0) is 35.2. The Balaban J connectivity index is 0.00000255. The summed E-state index contributed by atoms with van der Waals surface area (Å²) in [5, 5.41) is 63.2. The Morgan fingerprint density at radius 3 is 2.29 bits per heavy atom. The van der Waals surface area contributed by atoms with E-state index in [1.54, 1.807) is 29.8 Å². The van der Waals surface area contributed by atoms with Crippen LogP contribution in [0.2, 0.25) is 0 Å². The van der Waals surface area contributed by atoms with Crippen LogP contribution in [-0.2, 0) is 11.2 Å². The Morgan fingerprint density at radius 2 is 1.69 bits per heavy atom. The van der Waals surface area contributed by atoms with E-state index >= 15 is 0 Å². The van der Waals surface area contributed by atoms with Crippen molar-refractivity contribution in [3.8, 4) is 17.1 Å². The first kappa shape index (κ1) is 36.9. The molecule has 5 rings (SSSR count). The van der Waals surface area contributed by atoms with E-state index in [-0.39, 0.29) is 4.90 Å². The minimum atomic E-state index is -3.72. The molecule has 1 saturated heterocycles. The fourth-order valence-corrected chi connectivity index (χ4v) is 5.64. The number of allylic oxidation sites excluding steroid dienone is 4. The average molecular weight is 665 g/mol. The Labute approximate surface area is 281 Å². The highest BCUT2D eigenvalue weighted by Gasteiger charge is 2.44. The summed E-state index contributed by atoms with van der Waals surface area (Å²) in [4.78, 5) is 8.85. The number of likely N-dealkylation sites (N-methyl/N-ethyl adjacent to an activating group) is 1. The third kappa shape index (κ3) is 8.75. The number of nitrogens with zero attached hydrogens (tertiary/aromatic N) is 6. The van der Waals surface area contributed by atoms with Crippen LogP contribution in [0, 0.1) is 6.92 Å². The van der Waals surface area contributed by atoms with Gasteiger partial charge < -0.3 is 45.2 Å². The number of hydrogen-bond acceptors (Lipinski definition) is 12. The molecular formula is C35H48N6O7. The number of anilines is 1. The van der Waals surface area contributed by atoms with Crippen LogP contribution in [-0.4, -0.2) is 114 Å². The molecule has 0 amide bonds. The van der Waals surface area contributed by atoms with Crippen molar-refractivity contribution in [2.45, 2.75) is 52.7 Å². The van der Waals surface area contributed by atoms with Crippen LogP contribution < -0.4 is 4.90 Å². The molecule has 1 aliphatic heterocycles. The second-order valence-corrected chi connectivity index (χ2v) is 11.7. The molecular weight excluding hydrogens is 616 g/mol. The number of morpholine rings is 1. The third-order valence-corrected chi connectivity index (χ3v) is 8.02. The number of rotatable bonds is 11. The third-order valence-electron chi connectivity index (χ3n) is 8.02. The molecule has 6 N–H and O–H groups in total. The number of fused-ring (bicyclic) bond motifs is 1. The van der Waals surface area contributed by atoms with E-state index < -0.39 is 18.7 Å². The monoisotopic (exact) mass is 664 g/mol. The maximum atomic E-state index is 9.72. The van der Waals surface area contributed by atoms with Crippen molar-refractivity contribution in [1.82, 2.24) is 24.6 Å². The SMILES string of the molecule is CC.CC/C=C(\C=C(\CN(C(O)(O)O)C(O)(O)O)N(C)C)C1=Cc2nc(-n3ccc(-c4cccc(C)c4)n3)cc(N3CCOCC3)c2C1. The normalized spacial score (nSPS) is 15.7. The van der Waals surface area contributed by atoms with Crippen LogP contribution in [0.3, 0.4) is 0 Å². The molecule has 1 aromatic carbocycles. The topological polar surface area (TPSA) is 171 Å². The molecule has 0 atom stereocenters.